The molecule has 12 heteroatoms. The molecule has 9 nitrogen and oxygen atoms in total. The highest BCUT2D eigenvalue weighted by atomic mass is 19.4. The maximum atomic E-state index is 14.0. The monoisotopic (exact) mass is 550 g/mol. The van der Waals surface area contributed by atoms with Crippen LogP contribution < -0.4 is 16.4 Å². The minimum atomic E-state index is -4.69. The standard InChI is InChI=1S/C28H25F3N6O3/c29-28(30,31)22-13-19(23-4-3-18(15-34-23)27(39)37-9-7-33-8-10-37)11-20-12-21(40-26(20)22)16-36-25(38)6-2-17-1-5-24(32)35-14-17/h1-6,11-15,33H,7-10,16H2,(H2,32,35)(H,36,38)/b6-2+. The van der Waals surface area contributed by atoms with Gasteiger partial charge in [-0.1, -0.05) is 0 Å². The molecule has 4 aromatic rings. The zero-order chi connectivity index (χ0) is 28.3. The number of aromatic nitrogens is 2. The van der Waals surface area contributed by atoms with Gasteiger partial charge in [-0.3, -0.25) is 14.6 Å². The van der Waals surface area contributed by atoms with Crippen LogP contribution in [0.4, 0.5) is 19.0 Å². The van der Waals surface area contributed by atoms with E-state index in [1.165, 1.54) is 42.7 Å². The van der Waals surface area contributed by atoms with E-state index in [-0.39, 0.29) is 40.4 Å². The lowest BCUT2D eigenvalue weighted by atomic mass is 10.0. The molecule has 4 heterocycles. The van der Waals surface area contributed by atoms with Crippen LogP contribution in [0.15, 0.2) is 65.4 Å². The fourth-order valence-corrected chi connectivity index (χ4v) is 4.31. The first-order chi connectivity index (χ1) is 19.2. The molecule has 0 aliphatic carbocycles. The van der Waals surface area contributed by atoms with Gasteiger partial charge in [-0.25, -0.2) is 4.98 Å². The number of pyridine rings is 2. The summed E-state index contributed by atoms with van der Waals surface area (Å²) in [6.45, 7) is 2.43. The summed E-state index contributed by atoms with van der Waals surface area (Å²) in [6, 6.07) is 10.3. The number of nitrogens with one attached hydrogen (secondary N) is 2. The predicted molar refractivity (Wildman–Crippen MR) is 143 cm³/mol. The van der Waals surface area contributed by atoms with Gasteiger partial charge in [-0.05, 0) is 54.1 Å². The van der Waals surface area contributed by atoms with Crippen LogP contribution in [0.1, 0.15) is 27.2 Å². The largest absolute Gasteiger partial charge is 0.459 e. The van der Waals surface area contributed by atoms with Crippen LogP contribution >= 0.6 is 0 Å². The number of amides is 2. The van der Waals surface area contributed by atoms with Gasteiger partial charge in [0.05, 0.1) is 23.4 Å². The van der Waals surface area contributed by atoms with Gasteiger partial charge < -0.3 is 25.7 Å². The first kappa shape index (κ1) is 26.9. The third kappa shape index (κ3) is 6.12. The Morgan fingerprint density at radius 3 is 2.55 bits per heavy atom. The van der Waals surface area contributed by atoms with Crippen molar-refractivity contribution in [1.82, 2.24) is 25.5 Å². The third-order valence-electron chi connectivity index (χ3n) is 6.36. The molecule has 1 aliphatic heterocycles. The highest BCUT2D eigenvalue weighted by Crippen LogP contribution is 2.39. The number of hydrogen-bond donors (Lipinski definition) is 3. The van der Waals surface area contributed by atoms with Crippen molar-refractivity contribution < 1.29 is 27.2 Å². The van der Waals surface area contributed by atoms with Gasteiger partial charge in [-0.2, -0.15) is 13.2 Å². The number of nitrogen functional groups attached to an aromatic ring is 1. The molecule has 0 unspecified atom stereocenters. The predicted octanol–water partition coefficient (Wildman–Crippen LogP) is 3.87. The van der Waals surface area contributed by atoms with E-state index in [0.717, 1.165) is 6.07 Å². The van der Waals surface area contributed by atoms with Crippen LogP contribution in [-0.2, 0) is 17.5 Å². The summed E-state index contributed by atoms with van der Waals surface area (Å²) in [4.78, 5) is 34.8. The first-order valence-electron chi connectivity index (χ1n) is 12.4. The van der Waals surface area contributed by atoms with E-state index in [2.05, 4.69) is 20.6 Å². The molecule has 3 aromatic heterocycles. The number of halogens is 3. The fourth-order valence-electron chi connectivity index (χ4n) is 4.31. The fraction of sp³-hybridized carbons (Fsp3) is 0.214. The number of nitrogens with two attached hydrogens (primary N) is 1. The quantitative estimate of drug-likeness (QED) is 0.311. The molecule has 206 valence electrons. The highest BCUT2D eigenvalue weighted by molar-refractivity contribution is 5.94. The number of alkyl halides is 3. The Hall–Kier alpha value is -4.71. The molecule has 0 bridgehead atoms. The van der Waals surface area contributed by atoms with Crippen molar-refractivity contribution >= 4 is 34.7 Å². The van der Waals surface area contributed by atoms with Crippen molar-refractivity contribution in [1.29, 1.82) is 0 Å². The second-order valence-corrected chi connectivity index (χ2v) is 9.19. The molecule has 0 spiro atoms. The molecule has 1 fully saturated rings. The molecule has 0 radical (unpaired) electrons. The lowest BCUT2D eigenvalue weighted by Crippen LogP contribution is -2.46. The Bertz CT molecular complexity index is 1560. The summed E-state index contributed by atoms with van der Waals surface area (Å²) >= 11 is 0. The van der Waals surface area contributed by atoms with E-state index in [1.807, 2.05) is 0 Å². The Labute approximate surface area is 226 Å². The van der Waals surface area contributed by atoms with Gasteiger partial charge in [0.15, 0.2) is 0 Å². The minimum absolute atomic E-state index is 0.119. The molecular formula is C28H25F3N6O3. The van der Waals surface area contributed by atoms with Gasteiger partial charge >= 0.3 is 6.18 Å². The van der Waals surface area contributed by atoms with Gasteiger partial charge in [0.25, 0.3) is 5.91 Å². The summed E-state index contributed by atoms with van der Waals surface area (Å²) in [7, 11) is 0. The normalized spacial score (nSPS) is 14.1. The summed E-state index contributed by atoms with van der Waals surface area (Å²) in [5.41, 5.74) is 5.76. The number of anilines is 1. The number of rotatable bonds is 6. The van der Waals surface area contributed by atoms with Crippen LogP contribution in [0.5, 0.6) is 0 Å². The maximum Gasteiger partial charge on any atom is 0.420 e. The van der Waals surface area contributed by atoms with Crippen LogP contribution in [0.3, 0.4) is 0 Å². The van der Waals surface area contributed by atoms with Crippen molar-refractivity contribution in [2.24, 2.45) is 0 Å². The Balaban J connectivity index is 1.35. The third-order valence-corrected chi connectivity index (χ3v) is 6.36. The summed E-state index contributed by atoms with van der Waals surface area (Å²) in [5, 5.41) is 5.97. The van der Waals surface area contributed by atoms with Crippen molar-refractivity contribution in [2.75, 3.05) is 31.9 Å². The zero-order valence-corrected chi connectivity index (χ0v) is 21.2. The summed E-state index contributed by atoms with van der Waals surface area (Å²) in [6.07, 6.45) is 0.991. The van der Waals surface area contributed by atoms with E-state index in [4.69, 9.17) is 10.2 Å². The zero-order valence-electron chi connectivity index (χ0n) is 21.2. The number of carbonyl (C=O) groups is 2. The summed E-state index contributed by atoms with van der Waals surface area (Å²) in [5.74, 6) is -0.137. The van der Waals surface area contributed by atoms with Gasteiger partial charge in [0, 0.05) is 55.6 Å². The van der Waals surface area contributed by atoms with E-state index >= 15 is 0 Å². The lowest BCUT2D eigenvalue weighted by Gasteiger charge is -2.27. The van der Waals surface area contributed by atoms with E-state index in [1.54, 1.807) is 23.1 Å². The Morgan fingerprint density at radius 2 is 1.88 bits per heavy atom. The molecule has 5 rings (SSSR count). The number of fused-ring (bicyclic) bond motifs is 1. The number of furan rings is 1. The number of carbonyl (C=O) groups excluding carboxylic acids is 2. The van der Waals surface area contributed by atoms with E-state index in [9.17, 15) is 22.8 Å². The number of piperazine rings is 1. The van der Waals surface area contributed by atoms with Crippen LogP contribution in [0, 0.1) is 0 Å². The van der Waals surface area contributed by atoms with Crippen molar-refractivity contribution in [3.8, 4) is 11.3 Å². The molecule has 4 N–H and O–H groups in total. The average Bonchev–Trinajstić information content (AvgIpc) is 3.38. The first-order valence-corrected chi connectivity index (χ1v) is 12.4. The van der Waals surface area contributed by atoms with Gasteiger partial charge in [0.2, 0.25) is 5.91 Å². The molecular weight excluding hydrogens is 525 g/mol. The Morgan fingerprint density at radius 1 is 1.07 bits per heavy atom. The Kier molecular flexibility index (Phi) is 7.52. The number of nitrogens with zero attached hydrogens (tertiary/aromatic N) is 3. The summed E-state index contributed by atoms with van der Waals surface area (Å²) < 4.78 is 47.4. The molecule has 0 atom stereocenters. The SMILES string of the molecule is Nc1ccc(/C=C/C(=O)NCc2cc3cc(-c4ccc(C(=O)N5CCNCC5)cn4)cc(C(F)(F)F)c3o2)cn1. The van der Waals surface area contributed by atoms with Crippen molar-refractivity contribution in [3.63, 3.8) is 0 Å². The number of benzene rings is 1. The number of hydrogen-bond acceptors (Lipinski definition) is 7. The minimum Gasteiger partial charge on any atom is -0.459 e. The molecule has 1 aromatic carbocycles. The topological polar surface area (TPSA) is 126 Å². The van der Waals surface area contributed by atoms with Crippen molar-refractivity contribution in [3.05, 3.63) is 83.4 Å². The molecule has 1 aliphatic rings. The highest BCUT2D eigenvalue weighted by Gasteiger charge is 2.35. The molecule has 0 saturated carbocycles. The smallest absolute Gasteiger partial charge is 0.420 e. The molecule has 1 saturated heterocycles. The van der Waals surface area contributed by atoms with Crippen molar-refractivity contribution in [2.45, 2.75) is 12.7 Å². The van der Waals surface area contributed by atoms with Crippen LogP contribution in [0.25, 0.3) is 28.3 Å². The molecule has 40 heavy (non-hydrogen) atoms. The van der Waals surface area contributed by atoms with Crippen LogP contribution in [0.2, 0.25) is 0 Å². The van der Waals surface area contributed by atoms with E-state index in [0.29, 0.717) is 43.1 Å². The second kappa shape index (κ2) is 11.2. The van der Waals surface area contributed by atoms with Gasteiger partial charge in [0.1, 0.15) is 17.2 Å². The molecule has 2 amide bonds. The van der Waals surface area contributed by atoms with Gasteiger partial charge in [-0.15, -0.1) is 0 Å². The van der Waals surface area contributed by atoms with Crippen LogP contribution in [-0.4, -0.2) is 52.9 Å². The second-order valence-electron chi connectivity index (χ2n) is 9.19. The van der Waals surface area contributed by atoms with E-state index < -0.39 is 17.6 Å². The lowest BCUT2D eigenvalue weighted by molar-refractivity contribution is -0.136. The average molecular weight is 551 g/mol. The maximum absolute atomic E-state index is 14.0.